The molecule has 0 unspecified atom stereocenters. The summed E-state index contributed by atoms with van der Waals surface area (Å²) in [5.74, 6) is -0.569. The standard InChI is InChI=1S/C6H13FO4S/c1-10-3-2-4-11-5-6-12(7,8)9/h2-6H2,1H3. The van der Waals surface area contributed by atoms with Gasteiger partial charge in [-0.3, -0.25) is 0 Å². The van der Waals surface area contributed by atoms with Crippen molar-refractivity contribution in [1.82, 2.24) is 0 Å². The number of ether oxygens (including phenoxy) is 2. The molecule has 0 heterocycles. The molecule has 4 nitrogen and oxygen atoms in total. The van der Waals surface area contributed by atoms with Gasteiger partial charge in [-0.05, 0) is 6.42 Å². The van der Waals surface area contributed by atoms with Crippen LogP contribution in [-0.2, 0) is 19.7 Å². The van der Waals surface area contributed by atoms with Gasteiger partial charge >= 0.3 is 10.2 Å². The van der Waals surface area contributed by atoms with Gasteiger partial charge in [0.25, 0.3) is 0 Å². The van der Waals surface area contributed by atoms with E-state index in [1.807, 2.05) is 0 Å². The summed E-state index contributed by atoms with van der Waals surface area (Å²) < 4.78 is 41.3. The van der Waals surface area contributed by atoms with Crippen LogP contribution in [0.2, 0.25) is 0 Å². The van der Waals surface area contributed by atoms with Gasteiger partial charge in [0.15, 0.2) is 0 Å². The molecule has 0 spiro atoms. The van der Waals surface area contributed by atoms with Crippen molar-refractivity contribution in [3.05, 3.63) is 0 Å². The van der Waals surface area contributed by atoms with Gasteiger partial charge in [-0.2, -0.15) is 8.42 Å². The molecule has 12 heavy (non-hydrogen) atoms. The predicted octanol–water partition coefficient (Wildman–Crippen LogP) is 0.339. The summed E-state index contributed by atoms with van der Waals surface area (Å²) in [5, 5.41) is 0. The first-order valence-corrected chi connectivity index (χ1v) is 5.10. The number of hydrogen-bond donors (Lipinski definition) is 0. The van der Waals surface area contributed by atoms with E-state index in [0.29, 0.717) is 19.6 Å². The molecule has 0 aliphatic rings. The Labute approximate surface area is 71.9 Å². The van der Waals surface area contributed by atoms with Crippen molar-refractivity contribution in [2.24, 2.45) is 0 Å². The van der Waals surface area contributed by atoms with Crippen LogP contribution in [0.4, 0.5) is 3.89 Å². The molecule has 74 valence electrons. The first-order chi connectivity index (χ1) is 5.56. The van der Waals surface area contributed by atoms with Gasteiger partial charge < -0.3 is 9.47 Å². The average molecular weight is 200 g/mol. The summed E-state index contributed by atoms with van der Waals surface area (Å²) >= 11 is 0. The number of methoxy groups -OCH3 is 1. The summed E-state index contributed by atoms with van der Waals surface area (Å²) in [5.41, 5.74) is 0. The maximum atomic E-state index is 11.8. The molecule has 0 aliphatic heterocycles. The molecule has 0 bridgehead atoms. The van der Waals surface area contributed by atoms with E-state index in [2.05, 4.69) is 0 Å². The lowest BCUT2D eigenvalue weighted by atomic mass is 10.5. The lowest BCUT2D eigenvalue weighted by Crippen LogP contribution is -2.08. The molecule has 0 atom stereocenters. The van der Waals surface area contributed by atoms with E-state index in [1.54, 1.807) is 7.11 Å². The van der Waals surface area contributed by atoms with E-state index in [0.717, 1.165) is 0 Å². The lowest BCUT2D eigenvalue weighted by molar-refractivity contribution is 0.112. The molecule has 0 saturated heterocycles. The van der Waals surface area contributed by atoms with E-state index >= 15 is 0 Å². The number of halogens is 1. The zero-order valence-electron chi connectivity index (χ0n) is 6.95. The second-order valence-electron chi connectivity index (χ2n) is 2.20. The van der Waals surface area contributed by atoms with E-state index in [-0.39, 0.29) is 6.61 Å². The molecule has 0 aromatic rings. The van der Waals surface area contributed by atoms with Crippen molar-refractivity contribution in [3.63, 3.8) is 0 Å². The van der Waals surface area contributed by atoms with Crippen molar-refractivity contribution >= 4 is 10.2 Å². The molecule has 0 amide bonds. The minimum atomic E-state index is -4.37. The highest BCUT2D eigenvalue weighted by Crippen LogP contribution is 1.91. The second-order valence-corrected chi connectivity index (χ2v) is 3.69. The van der Waals surface area contributed by atoms with Crippen LogP contribution in [0.15, 0.2) is 0 Å². The van der Waals surface area contributed by atoms with Crippen LogP contribution in [0.5, 0.6) is 0 Å². The maximum absolute atomic E-state index is 11.8. The Hall–Kier alpha value is -0.200. The molecular formula is C6H13FO4S. The minimum absolute atomic E-state index is 0.0947. The monoisotopic (exact) mass is 200 g/mol. The summed E-state index contributed by atoms with van der Waals surface area (Å²) in [6.07, 6.45) is 0.683. The third-order valence-corrected chi connectivity index (χ3v) is 1.76. The Morgan fingerprint density at radius 2 is 1.92 bits per heavy atom. The molecule has 0 aromatic heterocycles. The van der Waals surface area contributed by atoms with Gasteiger partial charge in [0.05, 0.1) is 6.61 Å². The zero-order chi connectivity index (χ0) is 9.45. The van der Waals surface area contributed by atoms with Crippen molar-refractivity contribution in [1.29, 1.82) is 0 Å². The van der Waals surface area contributed by atoms with Crippen molar-refractivity contribution in [2.75, 3.05) is 32.7 Å². The fourth-order valence-electron chi connectivity index (χ4n) is 0.566. The average Bonchev–Trinajstić information content (AvgIpc) is 1.94. The molecule has 0 aromatic carbocycles. The molecule has 0 aliphatic carbocycles. The first kappa shape index (κ1) is 11.8. The molecule has 0 rings (SSSR count). The van der Waals surface area contributed by atoms with Crippen LogP contribution < -0.4 is 0 Å². The third-order valence-electron chi connectivity index (χ3n) is 1.11. The van der Waals surface area contributed by atoms with Crippen LogP contribution in [0.3, 0.4) is 0 Å². The van der Waals surface area contributed by atoms with E-state index < -0.39 is 16.0 Å². The number of hydrogen-bond acceptors (Lipinski definition) is 4. The summed E-state index contributed by atoms with van der Waals surface area (Å²) in [6, 6.07) is 0. The van der Waals surface area contributed by atoms with Crippen LogP contribution in [-0.4, -0.2) is 41.1 Å². The van der Waals surface area contributed by atoms with Crippen LogP contribution in [0.1, 0.15) is 6.42 Å². The van der Waals surface area contributed by atoms with E-state index in [1.165, 1.54) is 0 Å². The Kier molecular flexibility index (Phi) is 6.23. The van der Waals surface area contributed by atoms with Crippen LogP contribution in [0, 0.1) is 0 Å². The Morgan fingerprint density at radius 1 is 1.25 bits per heavy atom. The van der Waals surface area contributed by atoms with Gasteiger partial charge in [0, 0.05) is 20.3 Å². The van der Waals surface area contributed by atoms with Gasteiger partial charge in [0.1, 0.15) is 5.75 Å². The van der Waals surface area contributed by atoms with E-state index in [9.17, 15) is 12.3 Å². The van der Waals surface area contributed by atoms with E-state index in [4.69, 9.17) is 9.47 Å². The largest absolute Gasteiger partial charge is 0.385 e. The fourth-order valence-corrected chi connectivity index (χ4v) is 0.883. The van der Waals surface area contributed by atoms with Gasteiger partial charge in [-0.1, -0.05) is 0 Å². The smallest absolute Gasteiger partial charge is 0.304 e. The van der Waals surface area contributed by atoms with Crippen LogP contribution >= 0.6 is 0 Å². The van der Waals surface area contributed by atoms with Crippen molar-refractivity contribution in [3.8, 4) is 0 Å². The van der Waals surface area contributed by atoms with Crippen molar-refractivity contribution < 1.29 is 21.8 Å². The molecule has 6 heteroatoms. The highest BCUT2D eigenvalue weighted by atomic mass is 32.3. The Morgan fingerprint density at radius 3 is 2.42 bits per heavy atom. The predicted molar refractivity (Wildman–Crippen MR) is 42.2 cm³/mol. The Balaban J connectivity index is 3.12. The zero-order valence-corrected chi connectivity index (χ0v) is 7.77. The van der Waals surface area contributed by atoms with Crippen molar-refractivity contribution in [2.45, 2.75) is 6.42 Å². The van der Waals surface area contributed by atoms with Gasteiger partial charge in [-0.25, -0.2) is 0 Å². The lowest BCUT2D eigenvalue weighted by Gasteiger charge is -2.00. The first-order valence-electron chi connectivity index (χ1n) is 3.55. The highest BCUT2D eigenvalue weighted by molar-refractivity contribution is 7.86. The quantitative estimate of drug-likeness (QED) is 0.439. The maximum Gasteiger partial charge on any atom is 0.304 e. The fraction of sp³-hybridized carbons (Fsp3) is 1.00. The topological polar surface area (TPSA) is 52.6 Å². The summed E-state index contributed by atoms with van der Waals surface area (Å²) in [4.78, 5) is 0. The summed E-state index contributed by atoms with van der Waals surface area (Å²) in [7, 11) is -2.81. The third kappa shape index (κ3) is 9.80. The molecule has 0 fully saturated rings. The van der Waals surface area contributed by atoms with Gasteiger partial charge in [-0.15, -0.1) is 3.89 Å². The van der Waals surface area contributed by atoms with Crippen LogP contribution in [0.25, 0.3) is 0 Å². The second kappa shape index (κ2) is 6.33. The molecule has 0 N–H and O–H groups in total. The summed E-state index contributed by atoms with van der Waals surface area (Å²) in [6.45, 7) is 0.855. The molecule has 0 saturated carbocycles. The molecular weight excluding hydrogens is 187 g/mol. The number of rotatable bonds is 7. The minimum Gasteiger partial charge on any atom is -0.385 e. The normalized spacial score (nSPS) is 11.8. The van der Waals surface area contributed by atoms with Gasteiger partial charge in [0.2, 0.25) is 0 Å². The highest BCUT2D eigenvalue weighted by Gasteiger charge is 2.05. The molecule has 0 radical (unpaired) electrons. The Bertz CT molecular complexity index is 190. The SMILES string of the molecule is COCCCOCCS(=O)(=O)F.